The molecule has 0 aliphatic carbocycles. The summed E-state index contributed by atoms with van der Waals surface area (Å²) < 4.78 is 5.43. The molecule has 0 spiro atoms. The molecule has 2 aromatic carbocycles. The third-order valence-electron chi connectivity index (χ3n) is 2.98. The molecule has 1 amide bonds. The number of aryl methyl sites for hydroxylation is 1. The number of rotatable bonds is 5. The van der Waals surface area contributed by atoms with Gasteiger partial charge in [0.25, 0.3) is 0 Å². The smallest absolute Gasteiger partial charge is 0.248 e. The van der Waals surface area contributed by atoms with E-state index in [2.05, 4.69) is 11.4 Å². The summed E-state index contributed by atoms with van der Waals surface area (Å²) in [5.41, 5.74) is -0.0569. The first kappa shape index (κ1) is 31.5. The van der Waals surface area contributed by atoms with Crippen LogP contribution in [0.4, 0.5) is 5.69 Å². The van der Waals surface area contributed by atoms with Gasteiger partial charge in [-0.15, -0.1) is 6.07 Å². The maximum Gasteiger partial charge on any atom is 0.248 e. The van der Waals surface area contributed by atoms with Gasteiger partial charge >= 0.3 is 0 Å². The number of hydrogen-bond acceptors (Lipinski definition) is 3. The van der Waals surface area contributed by atoms with E-state index in [1.807, 2.05) is 72.7 Å². The summed E-state index contributed by atoms with van der Waals surface area (Å²) in [5.74, 6) is 0.0879. The Labute approximate surface area is 197 Å². The topological polar surface area (TPSA) is 58.6 Å². The number of nitrogens with one attached hydrogen (secondary N) is 1. The first-order valence-electron chi connectivity index (χ1n) is 9.67. The zero-order valence-electron chi connectivity index (χ0n) is 18.7. The van der Waals surface area contributed by atoms with E-state index in [1.165, 1.54) is 6.92 Å². The van der Waals surface area contributed by atoms with Crippen LogP contribution in [0.3, 0.4) is 0 Å². The van der Waals surface area contributed by atoms with E-state index in [1.54, 1.807) is 24.3 Å². The summed E-state index contributed by atoms with van der Waals surface area (Å²) in [6, 6.07) is 17.3. The summed E-state index contributed by atoms with van der Waals surface area (Å²) in [6.45, 7) is 15.2. The molecule has 2 aromatic rings. The number of ether oxygens (including phenoxy) is 1. The summed E-state index contributed by atoms with van der Waals surface area (Å²) >= 11 is 0. The predicted octanol–water partition coefficient (Wildman–Crippen LogP) is 5.64. The van der Waals surface area contributed by atoms with Gasteiger partial charge in [-0.1, -0.05) is 72.4 Å². The Hall–Kier alpha value is -1.23. The van der Waals surface area contributed by atoms with Crippen molar-refractivity contribution in [3.05, 3.63) is 60.2 Å². The fourth-order valence-corrected chi connectivity index (χ4v) is 1.65. The standard InChI is InChI=1S/C17H18NO3.3C2H6.Y/c1-13-8-10-14(11-9-13)18-16(19)17(2,20)12-21-15-6-4-3-5-7-15;3*1-2;/h3-8,10-11,20H,12H2,1-2H3,(H,18,19);3*1-2H3;/q-1;;;;/t17-;;;;/m0..../s1. The Balaban J connectivity index is -0.000000815. The number of carbonyl (C=O) groups is 1. The molecule has 0 saturated carbocycles. The molecule has 0 saturated heterocycles. The van der Waals surface area contributed by atoms with Crippen LogP contribution < -0.4 is 10.1 Å². The predicted molar refractivity (Wildman–Crippen MR) is 115 cm³/mol. The summed E-state index contributed by atoms with van der Waals surface area (Å²) in [5, 5.41) is 12.9. The first-order valence-corrected chi connectivity index (χ1v) is 9.67. The van der Waals surface area contributed by atoms with Crippen LogP contribution in [0.2, 0.25) is 0 Å². The summed E-state index contributed by atoms with van der Waals surface area (Å²) in [6.07, 6.45) is 0. The van der Waals surface area contributed by atoms with E-state index in [0.717, 1.165) is 5.56 Å². The van der Waals surface area contributed by atoms with Crippen molar-refractivity contribution < 1.29 is 47.3 Å². The van der Waals surface area contributed by atoms with E-state index in [9.17, 15) is 9.90 Å². The van der Waals surface area contributed by atoms with Crippen molar-refractivity contribution in [1.29, 1.82) is 0 Å². The van der Waals surface area contributed by atoms with Gasteiger partial charge in [-0.2, -0.15) is 23.8 Å². The van der Waals surface area contributed by atoms with Gasteiger partial charge in [0.15, 0.2) is 5.60 Å². The van der Waals surface area contributed by atoms with Gasteiger partial charge in [-0.3, -0.25) is 4.79 Å². The zero-order valence-corrected chi connectivity index (χ0v) is 21.5. The maximum atomic E-state index is 12.1. The van der Waals surface area contributed by atoms with Crippen molar-refractivity contribution in [1.82, 2.24) is 0 Å². The number of amides is 1. The molecule has 2 rings (SSSR count). The van der Waals surface area contributed by atoms with Crippen LogP contribution in [0, 0.1) is 13.0 Å². The second-order valence-electron chi connectivity index (χ2n) is 5.09. The molecular weight excluding hydrogens is 427 g/mol. The number of benzene rings is 2. The van der Waals surface area contributed by atoms with Crippen LogP contribution in [0.25, 0.3) is 0 Å². The number of anilines is 1. The van der Waals surface area contributed by atoms with Crippen molar-refractivity contribution in [3.8, 4) is 5.75 Å². The second-order valence-corrected chi connectivity index (χ2v) is 5.09. The average molecular weight is 463 g/mol. The van der Waals surface area contributed by atoms with Gasteiger partial charge in [0.05, 0.1) is 0 Å². The molecule has 0 heterocycles. The Morgan fingerprint density at radius 2 is 1.57 bits per heavy atom. The minimum absolute atomic E-state index is 0. The van der Waals surface area contributed by atoms with Gasteiger partial charge < -0.3 is 15.2 Å². The summed E-state index contributed by atoms with van der Waals surface area (Å²) in [4.78, 5) is 12.1. The van der Waals surface area contributed by atoms with Gasteiger partial charge in [-0.05, 0) is 19.1 Å². The minimum Gasteiger partial charge on any atom is -0.490 e. The molecule has 1 atom stereocenters. The third-order valence-corrected chi connectivity index (χ3v) is 2.98. The molecular formula is C23H36NO3Y-. The van der Waals surface area contributed by atoms with Crippen molar-refractivity contribution >= 4 is 11.6 Å². The fourth-order valence-electron chi connectivity index (χ4n) is 1.65. The first-order chi connectivity index (χ1) is 13.0. The van der Waals surface area contributed by atoms with Crippen molar-refractivity contribution in [2.24, 2.45) is 0 Å². The third kappa shape index (κ3) is 13.0. The van der Waals surface area contributed by atoms with Crippen LogP contribution in [0.1, 0.15) is 54.0 Å². The fraction of sp³-hybridized carbons (Fsp3) is 0.435. The number of aliphatic hydroxyl groups is 1. The summed E-state index contributed by atoms with van der Waals surface area (Å²) in [7, 11) is 0. The molecule has 0 aliphatic rings. The molecule has 5 heteroatoms. The van der Waals surface area contributed by atoms with Gasteiger partial charge in [0, 0.05) is 32.7 Å². The molecule has 155 valence electrons. The Kier molecular flexibility index (Phi) is 21.5. The monoisotopic (exact) mass is 463 g/mol. The molecule has 0 bridgehead atoms. The van der Waals surface area contributed by atoms with Crippen LogP contribution in [0.5, 0.6) is 5.75 Å². The molecule has 28 heavy (non-hydrogen) atoms. The molecule has 0 aromatic heterocycles. The van der Waals surface area contributed by atoms with E-state index in [4.69, 9.17) is 4.74 Å². The van der Waals surface area contributed by atoms with E-state index in [0.29, 0.717) is 11.4 Å². The van der Waals surface area contributed by atoms with Gasteiger partial charge in [0.1, 0.15) is 12.4 Å². The molecule has 0 unspecified atom stereocenters. The van der Waals surface area contributed by atoms with Gasteiger partial charge in [0.2, 0.25) is 5.91 Å². The van der Waals surface area contributed by atoms with Crippen LogP contribution in [-0.4, -0.2) is 23.2 Å². The molecule has 1 radical (unpaired) electrons. The van der Waals surface area contributed by atoms with E-state index in [-0.39, 0.29) is 39.3 Å². The quantitative estimate of drug-likeness (QED) is 0.565. The minimum atomic E-state index is -1.62. The average Bonchev–Trinajstić information content (AvgIpc) is 2.73. The molecule has 0 aliphatic heterocycles. The van der Waals surface area contributed by atoms with Gasteiger partial charge in [-0.25, -0.2) is 0 Å². The SMILES string of the molecule is CC.CC.CC.Cc1[c-]cc(NC(=O)[C@@](C)(O)COc2ccccc2)cc1.[Y]. The number of hydrogen-bond donors (Lipinski definition) is 2. The van der Waals surface area contributed by atoms with Crippen molar-refractivity contribution in [2.45, 2.75) is 61.0 Å². The van der Waals surface area contributed by atoms with E-state index < -0.39 is 11.5 Å². The second kappa shape index (κ2) is 19.1. The largest absolute Gasteiger partial charge is 0.490 e. The van der Waals surface area contributed by atoms with Crippen molar-refractivity contribution in [2.75, 3.05) is 11.9 Å². The Morgan fingerprint density at radius 3 is 2.04 bits per heavy atom. The molecule has 0 fully saturated rings. The van der Waals surface area contributed by atoms with Crippen LogP contribution >= 0.6 is 0 Å². The van der Waals surface area contributed by atoms with E-state index >= 15 is 0 Å². The van der Waals surface area contributed by atoms with Crippen LogP contribution in [0.15, 0.2) is 48.5 Å². The normalized spacial score (nSPS) is 10.6. The van der Waals surface area contributed by atoms with Crippen molar-refractivity contribution in [3.63, 3.8) is 0 Å². The number of para-hydroxylation sites is 1. The molecule has 2 N–H and O–H groups in total. The van der Waals surface area contributed by atoms with Crippen LogP contribution in [-0.2, 0) is 37.5 Å². The number of carbonyl (C=O) groups excluding carboxylic acids is 1. The Bertz CT molecular complexity index is 599. The maximum absolute atomic E-state index is 12.1. The Morgan fingerprint density at radius 1 is 1.04 bits per heavy atom. The zero-order chi connectivity index (χ0) is 21.3. The molecule has 4 nitrogen and oxygen atoms in total.